The van der Waals surface area contributed by atoms with E-state index >= 15 is 0 Å². The molecule has 2 rings (SSSR count). The molecule has 0 fully saturated rings. The molecule has 0 aliphatic rings. The van der Waals surface area contributed by atoms with E-state index in [0.717, 1.165) is 30.2 Å². The van der Waals surface area contributed by atoms with Gasteiger partial charge in [-0.3, -0.25) is 0 Å². The topological polar surface area (TPSA) is 82.6 Å². The summed E-state index contributed by atoms with van der Waals surface area (Å²) >= 11 is 0. The number of guanidine groups is 1. The summed E-state index contributed by atoms with van der Waals surface area (Å²) in [7, 11) is -3.32. The van der Waals surface area contributed by atoms with Crippen molar-refractivity contribution in [1.82, 2.24) is 15.4 Å². The highest BCUT2D eigenvalue weighted by Crippen LogP contribution is 2.15. The number of aryl methyl sites for hydroxylation is 1. The summed E-state index contributed by atoms with van der Waals surface area (Å²) in [5.74, 6) is 1.12. The molecule has 7 heteroatoms. The Balaban J connectivity index is 1.94. The second kappa shape index (κ2) is 11.9. The van der Waals surface area contributed by atoms with Crippen LogP contribution in [0.5, 0.6) is 0 Å². The molecule has 1 unspecified atom stereocenters. The van der Waals surface area contributed by atoms with Gasteiger partial charge in [-0.1, -0.05) is 61.0 Å². The van der Waals surface area contributed by atoms with Gasteiger partial charge in [0.1, 0.15) is 0 Å². The van der Waals surface area contributed by atoms with Crippen LogP contribution in [-0.2, 0) is 22.3 Å². The molecule has 2 aromatic rings. The van der Waals surface area contributed by atoms with E-state index in [1.165, 1.54) is 11.1 Å². The SMILES string of the molecule is CCNC(=NCc1ccc(CS(=O)(=O)NC(C)C)cc1)NCC(C)c1ccc(C)cc1. The zero-order chi connectivity index (χ0) is 22.9. The maximum absolute atomic E-state index is 12.1. The first-order valence-corrected chi connectivity index (χ1v) is 12.5. The summed E-state index contributed by atoms with van der Waals surface area (Å²) < 4.78 is 26.8. The summed E-state index contributed by atoms with van der Waals surface area (Å²) in [4.78, 5) is 4.67. The van der Waals surface area contributed by atoms with Crippen LogP contribution in [0.4, 0.5) is 0 Å². The third kappa shape index (κ3) is 9.11. The minimum Gasteiger partial charge on any atom is -0.357 e. The van der Waals surface area contributed by atoms with Crippen molar-refractivity contribution in [2.45, 2.75) is 58.9 Å². The molecule has 31 heavy (non-hydrogen) atoms. The van der Waals surface area contributed by atoms with Gasteiger partial charge in [-0.05, 0) is 50.3 Å². The number of hydrogen-bond acceptors (Lipinski definition) is 3. The van der Waals surface area contributed by atoms with Gasteiger partial charge in [0.2, 0.25) is 10.0 Å². The van der Waals surface area contributed by atoms with E-state index in [4.69, 9.17) is 0 Å². The van der Waals surface area contributed by atoms with Crippen LogP contribution in [0.1, 0.15) is 55.9 Å². The van der Waals surface area contributed by atoms with Crippen molar-refractivity contribution in [3.63, 3.8) is 0 Å². The molecule has 0 spiro atoms. The van der Waals surface area contributed by atoms with Gasteiger partial charge in [-0.25, -0.2) is 18.1 Å². The quantitative estimate of drug-likeness (QED) is 0.386. The number of nitrogens with one attached hydrogen (secondary N) is 3. The second-order valence-corrected chi connectivity index (χ2v) is 9.99. The molecule has 0 aliphatic carbocycles. The van der Waals surface area contributed by atoms with Crippen molar-refractivity contribution in [3.8, 4) is 0 Å². The van der Waals surface area contributed by atoms with Crippen molar-refractivity contribution < 1.29 is 8.42 Å². The van der Waals surface area contributed by atoms with E-state index in [2.05, 4.69) is 58.5 Å². The van der Waals surface area contributed by atoms with E-state index in [0.29, 0.717) is 12.5 Å². The van der Waals surface area contributed by atoms with Gasteiger partial charge in [0.15, 0.2) is 5.96 Å². The Kier molecular flexibility index (Phi) is 9.52. The molecule has 6 nitrogen and oxygen atoms in total. The molecule has 2 aromatic carbocycles. The smallest absolute Gasteiger partial charge is 0.216 e. The van der Waals surface area contributed by atoms with Gasteiger partial charge < -0.3 is 10.6 Å². The molecule has 0 aromatic heterocycles. The number of sulfonamides is 1. The zero-order valence-electron chi connectivity index (χ0n) is 19.3. The predicted octanol–water partition coefficient (Wildman–Crippen LogP) is 3.68. The Morgan fingerprint density at radius 1 is 0.935 bits per heavy atom. The molecule has 0 radical (unpaired) electrons. The molecule has 0 aliphatic heterocycles. The van der Waals surface area contributed by atoms with Crippen LogP contribution in [0.25, 0.3) is 0 Å². The van der Waals surface area contributed by atoms with Crippen LogP contribution in [0, 0.1) is 6.92 Å². The van der Waals surface area contributed by atoms with E-state index in [9.17, 15) is 8.42 Å². The Labute approximate surface area is 187 Å². The van der Waals surface area contributed by atoms with Gasteiger partial charge in [-0.15, -0.1) is 0 Å². The molecule has 3 N–H and O–H groups in total. The lowest BCUT2D eigenvalue weighted by Gasteiger charge is -2.16. The van der Waals surface area contributed by atoms with Crippen LogP contribution in [0.3, 0.4) is 0 Å². The van der Waals surface area contributed by atoms with Crippen LogP contribution in [-0.4, -0.2) is 33.5 Å². The Morgan fingerprint density at radius 2 is 1.55 bits per heavy atom. The lowest BCUT2D eigenvalue weighted by molar-refractivity contribution is 0.569. The van der Waals surface area contributed by atoms with Crippen molar-refractivity contribution >= 4 is 16.0 Å². The molecule has 0 saturated heterocycles. The van der Waals surface area contributed by atoms with Gasteiger partial charge in [-0.2, -0.15) is 0 Å². The average molecular weight is 445 g/mol. The van der Waals surface area contributed by atoms with E-state index in [-0.39, 0.29) is 11.8 Å². The molecular formula is C24H36N4O2S. The van der Waals surface area contributed by atoms with Gasteiger partial charge in [0.25, 0.3) is 0 Å². The first-order valence-electron chi connectivity index (χ1n) is 10.8. The third-order valence-corrected chi connectivity index (χ3v) is 6.32. The first-order chi connectivity index (χ1) is 14.7. The molecule has 0 bridgehead atoms. The molecule has 0 saturated carbocycles. The van der Waals surface area contributed by atoms with Crippen LogP contribution in [0.15, 0.2) is 53.5 Å². The van der Waals surface area contributed by atoms with Crippen molar-refractivity contribution in [3.05, 3.63) is 70.8 Å². The maximum atomic E-state index is 12.1. The monoisotopic (exact) mass is 444 g/mol. The van der Waals surface area contributed by atoms with Crippen molar-refractivity contribution in [1.29, 1.82) is 0 Å². The summed E-state index contributed by atoms with van der Waals surface area (Å²) in [6.45, 7) is 12.1. The summed E-state index contributed by atoms with van der Waals surface area (Å²) in [6, 6.07) is 16.1. The molecule has 0 amide bonds. The highest BCUT2D eigenvalue weighted by atomic mass is 32.2. The normalized spacial score (nSPS) is 13.3. The summed E-state index contributed by atoms with van der Waals surface area (Å²) in [5.41, 5.74) is 4.35. The van der Waals surface area contributed by atoms with Gasteiger partial charge >= 0.3 is 0 Å². The Morgan fingerprint density at radius 3 is 2.13 bits per heavy atom. The zero-order valence-corrected chi connectivity index (χ0v) is 20.1. The predicted molar refractivity (Wildman–Crippen MR) is 130 cm³/mol. The fourth-order valence-electron chi connectivity index (χ4n) is 3.14. The van der Waals surface area contributed by atoms with Gasteiger partial charge in [0.05, 0.1) is 12.3 Å². The van der Waals surface area contributed by atoms with Gasteiger partial charge in [0, 0.05) is 19.1 Å². The fourth-order valence-corrected chi connectivity index (χ4v) is 4.57. The Hall–Kier alpha value is -2.38. The van der Waals surface area contributed by atoms with Crippen molar-refractivity contribution in [2.24, 2.45) is 4.99 Å². The highest BCUT2D eigenvalue weighted by molar-refractivity contribution is 7.88. The molecule has 0 heterocycles. The maximum Gasteiger partial charge on any atom is 0.216 e. The number of aliphatic imine (C=N–C) groups is 1. The summed E-state index contributed by atoms with van der Waals surface area (Å²) in [5, 5.41) is 6.70. The molecular weight excluding hydrogens is 408 g/mol. The number of rotatable bonds is 10. The largest absolute Gasteiger partial charge is 0.357 e. The third-order valence-electron chi connectivity index (χ3n) is 4.78. The molecule has 1 atom stereocenters. The van der Waals surface area contributed by atoms with E-state index in [1.54, 1.807) is 0 Å². The highest BCUT2D eigenvalue weighted by Gasteiger charge is 2.12. The molecule has 170 valence electrons. The number of nitrogens with zero attached hydrogens (tertiary/aromatic N) is 1. The minimum absolute atomic E-state index is 0.0180. The van der Waals surface area contributed by atoms with Crippen LogP contribution >= 0.6 is 0 Å². The average Bonchev–Trinajstić information content (AvgIpc) is 2.70. The van der Waals surface area contributed by atoms with Crippen LogP contribution in [0.2, 0.25) is 0 Å². The Bertz CT molecular complexity index is 937. The second-order valence-electron chi connectivity index (χ2n) is 8.24. The van der Waals surface area contributed by atoms with E-state index in [1.807, 2.05) is 45.0 Å². The fraction of sp³-hybridized carbons (Fsp3) is 0.458. The number of hydrogen-bond donors (Lipinski definition) is 3. The van der Waals surface area contributed by atoms with E-state index < -0.39 is 10.0 Å². The standard InChI is InChI=1S/C24H36N4O2S/c1-6-25-24(26-15-20(5)23-13-7-19(4)8-14-23)27-16-21-9-11-22(12-10-21)17-31(29,30)28-18(2)3/h7-14,18,20,28H,6,15-17H2,1-5H3,(H2,25,26,27). The van der Waals surface area contributed by atoms with Crippen molar-refractivity contribution in [2.75, 3.05) is 13.1 Å². The minimum atomic E-state index is -3.32. The summed E-state index contributed by atoms with van der Waals surface area (Å²) in [6.07, 6.45) is 0. The lowest BCUT2D eigenvalue weighted by Crippen LogP contribution is -2.39. The number of benzene rings is 2. The lowest BCUT2D eigenvalue weighted by atomic mass is 10.0. The van der Waals surface area contributed by atoms with Crippen LogP contribution < -0.4 is 15.4 Å². The first kappa shape index (κ1) is 24.9.